The van der Waals surface area contributed by atoms with E-state index < -0.39 is 28.7 Å². The lowest BCUT2D eigenvalue weighted by molar-refractivity contribution is -0.151. The third-order valence-corrected chi connectivity index (χ3v) is 6.27. The maximum Gasteiger partial charge on any atom is 0.236 e. The molecule has 0 unspecified atom stereocenters. The third kappa shape index (κ3) is 6.43. The van der Waals surface area contributed by atoms with Crippen LogP contribution >= 0.6 is 0 Å². The molecule has 6 heteroatoms. The van der Waals surface area contributed by atoms with E-state index in [1.54, 1.807) is 27.7 Å². The molecule has 0 radical (unpaired) electrons. The Labute approximate surface area is 183 Å². The van der Waals surface area contributed by atoms with Crippen molar-refractivity contribution in [2.45, 2.75) is 125 Å². The van der Waals surface area contributed by atoms with Crippen LogP contribution in [0.3, 0.4) is 0 Å². The van der Waals surface area contributed by atoms with Crippen LogP contribution in [0.4, 0.5) is 0 Å². The molecule has 0 aromatic rings. The zero-order valence-electron chi connectivity index (χ0n) is 20.9. The van der Waals surface area contributed by atoms with Crippen LogP contribution in [0.1, 0.15) is 101 Å². The predicted molar refractivity (Wildman–Crippen MR) is 121 cm³/mol. The maximum absolute atomic E-state index is 13.6. The number of carbonyl (C=O) groups excluding carboxylic acids is 2. The Kier molecular flexibility index (Phi) is 7.87. The fraction of sp³-hybridized carbons (Fsp3) is 0.917. The molecule has 176 valence electrons. The van der Waals surface area contributed by atoms with Gasteiger partial charge in [-0.15, -0.1) is 0 Å². The van der Waals surface area contributed by atoms with Gasteiger partial charge in [-0.2, -0.15) is 0 Å². The molecular weight excluding hydrogens is 380 g/mol. The van der Waals surface area contributed by atoms with Crippen molar-refractivity contribution in [2.75, 3.05) is 0 Å². The van der Waals surface area contributed by atoms with E-state index in [-0.39, 0.29) is 22.6 Å². The van der Waals surface area contributed by atoms with Crippen molar-refractivity contribution in [1.29, 1.82) is 0 Å². The van der Waals surface area contributed by atoms with Gasteiger partial charge >= 0.3 is 0 Å². The highest BCUT2D eigenvalue weighted by Gasteiger charge is 2.51. The monoisotopic (exact) mass is 426 g/mol. The van der Waals surface area contributed by atoms with Crippen LogP contribution in [-0.2, 0) is 9.59 Å². The second-order valence-electron chi connectivity index (χ2n) is 12.5. The van der Waals surface area contributed by atoms with Gasteiger partial charge in [0.25, 0.3) is 0 Å². The summed E-state index contributed by atoms with van der Waals surface area (Å²) in [6, 6.07) is -1.03. The zero-order valence-corrected chi connectivity index (χ0v) is 20.9. The molecule has 2 atom stereocenters. The first-order chi connectivity index (χ1) is 13.2. The van der Waals surface area contributed by atoms with Crippen LogP contribution in [0, 0.1) is 16.2 Å². The Balaban J connectivity index is 3.29. The second-order valence-corrected chi connectivity index (χ2v) is 12.5. The lowest BCUT2D eigenvalue weighted by Gasteiger charge is -2.45. The Morgan fingerprint density at radius 1 is 0.667 bits per heavy atom. The Morgan fingerprint density at radius 2 is 0.967 bits per heavy atom. The van der Waals surface area contributed by atoms with Crippen LogP contribution in [0.15, 0.2) is 0 Å². The molecule has 6 nitrogen and oxygen atoms in total. The summed E-state index contributed by atoms with van der Waals surface area (Å²) in [5, 5.41) is 27.4. The first kappa shape index (κ1) is 26.9. The molecule has 1 fully saturated rings. The van der Waals surface area contributed by atoms with Crippen molar-refractivity contribution in [3.05, 3.63) is 0 Å². The zero-order chi connectivity index (χ0) is 23.8. The molecule has 2 amide bonds. The van der Waals surface area contributed by atoms with Crippen molar-refractivity contribution in [1.82, 2.24) is 10.6 Å². The normalized spacial score (nSPS) is 20.3. The molecule has 1 aliphatic rings. The van der Waals surface area contributed by atoms with Gasteiger partial charge in [0.1, 0.15) is 5.41 Å². The van der Waals surface area contributed by atoms with Crippen LogP contribution in [0.25, 0.3) is 0 Å². The number of hydrogen-bond acceptors (Lipinski definition) is 4. The minimum Gasteiger partial charge on any atom is -0.388 e. The predicted octanol–water partition coefficient (Wildman–Crippen LogP) is 3.54. The smallest absolute Gasteiger partial charge is 0.236 e. The van der Waals surface area contributed by atoms with Gasteiger partial charge in [-0.05, 0) is 51.4 Å². The van der Waals surface area contributed by atoms with Crippen molar-refractivity contribution >= 4 is 11.8 Å². The average molecular weight is 427 g/mol. The van der Waals surface area contributed by atoms with E-state index >= 15 is 0 Å². The summed E-state index contributed by atoms with van der Waals surface area (Å²) in [7, 11) is 0. The van der Waals surface area contributed by atoms with Gasteiger partial charge in [-0.1, -0.05) is 60.8 Å². The van der Waals surface area contributed by atoms with E-state index in [4.69, 9.17) is 0 Å². The third-order valence-electron chi connectivity index (χ3n) is 6.27. The Bertz CT molecular complexity index is 533. The van der Waals surface area contributed by atoms with Gasteiger partial charge in [-0.3, -0.25) is 9.59 Å². The number of amides is 2. The largest absolute Gasteiger partial charge is 0.388 e. The van der Waals surface area contributed by atoms with Gasteiger partial charge in [0.15, 0.2) is 0 Å². The highest BCUT2D eigenvalue weighted by molar-refractivity contribution is 6.05. The molecule has 1 saturated carbocycles. The number of aliphatic hydroxyl groups is 2. The summed E-state index contributed by atoms with van der Waals surface area (Å²) in [6.45, 7) is 18.5. The highest BCUT2D eigenvalue weighted by Crippen LogP contribution is 2.39. The van der Waals surface area contributed by atoms with Crippen molar-refractivity contribution < 1.29 is 19.8 Å². The van der Waals surface area contributed by atoms with Crippen molar-refractivity contribution in [3.8, 4) is 0 Å². The van der Waals surface area contributed by atoms with E-state index in [0.717, 1.165) is 19.3 Å². The Hall–Kier alpha value is -1.14. The first-order valence-electron chi connectivity index (χ1n) is 11.3. The molecule has 0 bridgehead atoms. The molecule has 30 heavy (non-hydrogen) atoms. The van der Waals surface area contributed by atoms with Crippen molar-refractivity contribution in [2.24, 2.45) is 16.2 Å². The fourth-order valence-corrected chi connectivity index (χ4v) is 5.16. The van der Waals surface area contributed by atoms with E-state index in [9.17, 15) is 19.8 Å². The van der Waals surface area contributed by atoms with Crippen LogP contribution < -0.4 is 10.6 Å². The minimum absolute atomic E-state index is 0.329. The topological polar surface area (TPSA) is 98.7 Å². The molecule has 0 saturated heterocycles. The van der Waals surface area contributed by atoms with E-state index in [1.807, 2.05) is 41.5 Å². The summed E-state index contributed by atoms with van der Waals surface area (Å²) in [4.78, 5) is 27.2. The van der Waals surface area contributed by atoms with Gasteiger partial charge in [-0.25, -0.2) is 0 Å². The number of hydrogen-bond donors (Lipinski definition) is 4. The van der Waals surface area contributed by atoms with Crippen LogP contribution in [-0.4, -0.2) is 45.3 Å². The van der Waals surface area contributed by atoms with Gasteiger partial charge in [0.2, 0.25) is 11.8 Å². The fourth-order valence-electron chi connectivity index (χ4n) is 5.16. The molecule has 1 rings (SSSR count). The molecule has 4 N–H and O–H groups in total. The standard InChI is InChI=1S/C24H46N2O4/c1-20(2,3)16(22(7,8)29)25-18(27)24(14-12-11-13-15-24)19(28)26-17(21(4,5)6)23(9,10)30/h16-17,29-30H,11-15H2,1-10H3,(H,25,27)(H,26,28)/t16-,17-/m1/s1. The SMILES string of the molecule is CC(C)(C)[C@@H](NC(=O)C1(C(=O)N[C@H](C(C)(C)C)C(C)(C)O)CCCCC1)C(C)(C)O. The number of rotatable bonds is 6. The lowest BCUT2D eigenvalue weighted by Crippen LogP contribution is -2.64. The Morgan fingerprint density at radius 3 is 1.20 bits per heavy atom. The summed E-state index contributed by atoms with van der Waals surface area (Å²) in [6.07, 6.45) is 3.52. The quantitative estimate of drug-likeness (QED) is 0.488. The molecular formula is C24H46N2O4. The van der Waals surface area contributed by atoms with Gasteiger partial charge < -0.3 is 20.8 Å². The molecule has 0 heterocycles. The summed E-state index contributed by atoms with van der Waals surface area (Å²) < 4.78 is 0. The van der Waals surface area contributed by atoms with E-state index in [0.29, 0.717) is 12.8 Å². The second kappa shape index (κ2) is 8.78. The maximum atomic E-state index is 13.6. The average Bonchev–Trinajstić information content (AvgIpc) is 2.53. The van der Waals surface area contributed by atoms with Crippen LogP contribution in [0.5, 0.6) is 0 Å². The lowest BCUT2D eigenvalue weighted by atomic mass is 9.70. The van der Waals surface area contributed by atoms with Gasteiger partial charge in [0.05, 0.1) is 23.3 Å². The molecule has 1 aliphatic carbocycles. The van der Waals surface area contributed by atoms with E-state index in [2.05, 4.69) is 10.6 Å². The first-order valence-corrected chi connectivity index (χ1v) is 11.3. The number of nitrogens with one attached hydrogen (secondary N) is 2. The summed E-state index contributed by atoms with van der Waals surface area (Å²) in [5.74, 6) is -0.657. The molecule has 0 aromatic heterocycles. The van der Waals surface area contributed by atoms with Gasteiger partial charge in [0, 0.05) is 0 Å². The van der Waals surface area contributed by atoms with E-state index in [1.165, 1.54) is 0 Å². The van der Waals surface area contributed by atoms with Crippen molar-refractivity contribution in [3.63, 3.8) is 0 Å². The minimum atomic E-state index is -1.19. The molecule has 0 spiro atoms. The highest BCUT2D eigenvalue weighted by atomic mass is 16.3. The molecule has 0 aliphatic heterocycles. The number of carbonyl (C=O) groups is 2. The summed E-state index contributed by atoms with van der Waals surface area (Å²) in [5.41, 5.74) is -4.24. The van der Waals surface area contributed by atoms with Crippen LogP contribution in [0.2, 0.25) is 0 Å². The summed E-state index contributed by atoms with van der Waals surface area (Å²) >= 11 is 0. The molecule has 0 aromatic carbocycles.